The monoisotopic (exact) mass is 522 g/mol. The molecule has 9 nitrogen and oxygen atoms in total. The Labute approximate surface area is 217 Å². The summed E-state index contributed by atoms with van der Waals surface area (Å²) in [6, 6.07) is 11.9. The fraction of sp³-hybridized carbons (Fsp3) is 0.346. The van der Waals surface area contributed by atoms with Crippen molar-refractivity contribution in [3.63, 3.8) is 0 Å². The highest BCUT2D eigenvalue weighted by Crippen LogP contribution is 2.35. The molecule has 2 fully saturated rings. The number of carbonyl (C=O) groups is 2. The van der Waals surface area contributed by atoms with Crippen LogP contribution in [0.15, 0.2) is 48.7 Å². The number of nitrogens with one attached hydrogen (secondary N) is 2. The van der Waals surface area contributed by atoms with Gasteiger partial charge in [0.25, 0.3) is 5.91 Å². The van der Waals surface area contributed by atoms with Crippen LogP contribution in [0.4, 0.5) is 4.39 Å². The number of aromatic nitrogens is 3. The second-order valence-corrected chi connectivity index (χ2v) is 9.84. The predicted molar refractivity (Wildman–Crippen MR) is 132 cm³/mol. The van der Waals surface area contributed by atoms with Gasteiger partial charge in [0, 0.05) is 6.42 Å². The van der Waals surface area contributed by atoms with E-state index in [1.54, 1.807) is 18.2 Å². The van der Waals surface area contributed by atoms with Crippen LogP contribution in [0.1, 0.15) is 41.7 Å². The van der Waals surface area contributed by atoms with E-state index in [0.717, 1.165) is 12.8 Å². The molecule has 0 spiro atoms. The van der Waals surface area contributed by atoms with Gasteiger partial charge in [-0.3, -0.25) is 9.59 Å². The minimum atomic E-state index is -0.997. The minimum Gasteiger partial charge on any atom is -0.492 e. The normalized spacial score (nSPS) is 16.4. The van der Waals surface area contributed by atoms with E-state index in [9.17, 15) is 19.2 Å². The second-order valence-electron chi connectivity index (χ2n) is 9.43. The smallest absolute Gasteiger partial charge is 0.274 e. The summed E-state index contributed by atoms with van der Waals surface area (Å²) in [5, 5.41) is 23.5. The van der Waals surface area contributed by atoms with Crippen molar-refractivity contribution in [2.24, 2.45) is 5.92 Å². The first-order valence-corrected chi connectivity index (χ1v) is 12.4. The fourth-order valence-electron chi connectivity index (χ4n) is 3.74. The minimum absolute atomic E-state index is 0.0228. The van der Waals surface area contributed by atoms with Gasteiger partial charge in [0.2, 0.25) is 5.91 Å². The van der Waals surface area contributed by atoms with E-state index in [-0.39, 0.29) is 12.1 Å². The lowest BCUT2D eigenvalue weighted by atomic mass is 10.0. The maximum atomic E-state index is 13.2. The Morgan fingerprint density at radius 1 is 1.24 bits per heavy atom. The van der Waals surface area contributed by atoms with E-state index in [2.05, 4.69) is 26.9 Å². The SMILES string of the molecule is N#CC1(NC(=O)[C@H](Cc2ccc(OCC3CC3)c(Cl)c2)NC(=O)c2cnn(-c3ccc(F)cc3)n2)CC1. The lowest BCUT2D eigenvalue weighted by Crippen LogP contribution is -2.51. The van der Waals surface area contributed by atoms with Gasteiger partial charge in [-0.15, -0.1) is 5.10 Å². The van der Waals surface area contributed by atoms with E-state index in [1.165, 1.54) is 35.3 Å². The number of carbonyl (C=O) groups excluding carboxylic acids is 2. The molecule has 37 heavy (non-hydrogen) atoms. The first-order valence-electron chi connectivity index (χ1n) is 12.0. The van der Waals surface area contributed by atoms with Crippen molar-refractivity contribution in [2.45, 2.75) is 43.7 Å². The van der Waals surface area contributed by atoms with Gasteiger partial charge >= 0.3 is 0 Å². The van der Waals surface area contributed by atoms with Crippen LogP contribution in [0.5, 0.6) is 5.75 Å². The molecule has 190 valence electrons. The zero-order valence-corrected chi connectivity index (χ0v) is 20.5. The molecule has 1 aromatic heterocycles. The molecule has 0 unspecified atom stereocenters. The zero-order valence-electron chi connectivity index (χ0n) is 19.8. The number of hydrogen-bond acceptors (Lipinski definition) is 6. The molecule has 2 N–H and O–H groups in total. The Bertz CT molecular complexity index is 1360. The van der Waals surface area contributed by atoms with Crippen molar-refractivity contribution in [3.8, 4) is 17.5 Å². The third kappa shape index (κ3) is 6.06. The number of halogens is 2. The first kappa shape index (κ1) is 24.7. The summed E-state index contributed by atoms with van der Waals surface area (Å²) in [5.74, 6) is -0.360. The molecule has 0 bridgehead atoms. The average molecular weight is 523 g/mol. The van der Waals surface area contributed by atoms with Gasteiger partial charge in [0.15, 0.2) is 5.69 Å². The molecule has 2 saturated carbocycles. The van der Waals surface area contributed by atoms with Crippen molar-refractivity contribution in [1.82, 2.24) is 25.6 Å². The average Bonchev–Trinajstić information content (AvgIpc) is 3.81. The van der Waals surface area contributed by atoms with Crippen LogP contribution in [0.25, 0.3) is 5.69 Å². The van der Waals surface area contributed by atoms with Crippen LogP contribution in [-0.2, 0) is 11.2 Å². The molecule has 1 heterocycles. The molecular weight excluding hydrogens is 499 g/mol. The number of nitrogens with zero attached hydrogens (tertiary/aromatic N) is 4. The Morgan fingerprint density at radius 3 is 2.65 bits per heavy atom. The molecule has 2 aliphatic carbocycles. The van der Waals surface area contributed by atoms with E-state index in [1.807, 2.05) is 0 Å². The maximum Gasteiger partial charge on any atom is 0.274 e. The second kappa shape index (κ2) is 10.2. The lowest BCUT2D eigenvalue weighted by molar-refractivity contribution is -0.123. The molecule has 2 amide bonds. The Hall–Kier alpha value is -3.97. The van der Waals surface area contributed by atoms with Crippen molar-refractivity contribution in [3.05, 3.63) is 70.8 Å². The molecule has 5 rings (SSSR count). The number of hydrogen-bond donors (Lipinski definition) is 2. The van der Waals surface area contributed by atoms with Crippen molar-refractivity contribution < 1.29 is 18.7 Å². The highest BCUT2D eigenvalue weighted by molar-refractivity contribution is 6.32. The van der Waals surface area contributed by atoms with Crippen LogP contribution in [0.2, 0.25) is 5.02 Å². The summed E-state index contributed by atoms with van der Waals surface area (Å²) in [6.45, 7) is 0.620. The van der Waals surface area contributed by atoms with E-state index < -0.39 is 29.2 Å². The number of ether oxygens (including phenoxy) is 1. The zero-order chi connectivity index (χ0) is 26.0. The standard InChI is InChI=1S/C26H24ClFN6O3/c27-20-11-17(3-8-23(20)37-14-16-1-2-16)12-21(25(36)32-26(15-29)9-10-26)31-24(35)22-13-30-34(33-22)19-6-4-18(28)5-7-19/h3-8,11,13,16,21H,1-2,9-10,12,14H2,(H,31,35)(H,32,36)/t21-/m0/s1. The number of benzene rings is 2. The van der Waals surface area contributed by atoms with Crippen LogP contribution in [0.3, 0.4) is 0 Å². The summed E-state index contributed by atoms with van der Waals surface area (Å²) in [7, 11) is 0. The van der Waals surface area contributed by atoms with Crippen LogP contribution >= 0.6 is 11.6 Å². The molecule has 2 aliphatic rings. The third-order valence-corrected chi connectivity index (χ3v) is 6.63. The Morgan fingerprint density at radius 2 is 2.00 bits per heavy atom. The summed E-state index contributed by atoms with van der Waals surface area (Å²) in [5.41, 5.74) is 0.258. The molecule has 0 saturated heterocycles. The molecule has 1 atom stereocenters. The summed E-state index contributed by atoms with van der Waals surface area (Å²) < 4.78 is 19.0. The molecule has 2 aromatic carbocycles. The Kier molecular flexibility index (Phi) is 6.80. The van der Waals surface area contributed by atoms with Gasteiger partial charge < -0.3 is 15.4 Å². The highest BCUT2D eigenvalue weighted by Gasteiger charge is 2.45. The van der Waals surface area contributed by atoms with Gasteiger partial charge in [0.05, 0.1) is 29.6 Å². The summed E-state index contributed by atoms with van der Waals surface area (Å²) in [6.07, 6.45) is 4.82. The summed E-state index contributed by atoms with van der Waals surface area (Å²) >= 11 is 6.41. The summed E-state index contributed by atoms with van der Waals surface area (Å²) in [4.78, 5) is 27.3. The highest BCUT2D eigenvalue weighted by atomic mass is 35.5. The topological polar surface area (TPSA) is 122 Å². The van der Waals surface area contributed by atoms with Gasteiger partial charge in [-0.2, -0.15) is 15.2 Å². The third-order valence-electron chi connectivity index (χ3n) is 6.34. The fourth-order valence-corrected chi connectivity index (χ4v) is 3.99. The molecule has 11 heteroatoms. The van der Waals surface area contributed by atoms with Crippen LogP contribution in [0, 0.1) is 23.1 Å². The lowest BCUT2D eigenvalue weighted by Gasteiger charge is -2.20. The van der Waals surface area contributed by atoms with Gasteiger partial charge in [0.1, 0.15) is 23.1 Å². The van der Waals surface area contributed by atoms with Crippen LogP contribution in [-0.4, -0.2) is 45.0 Å². The van der Waals surface area contributed by atoms with Crippen molar-refractivity contribution in [2.75, 3.05) is 6.61 Å². The number of amides is 2. The Balaban J connectivity index is 1.31. The molecule has 0 radical (unpaired) electrons. The van der Waals surface area contributed by atoms with Gasteiger partial charge in [-0.25, -0.2) is 4.39 Å². The first-order chi connectivity index (χ1) is 17.8. The van der Waals surface area contributed by atoms with Crippen molar-refractivity contribution >= 4 is 23.4 Å². The van der Waals surface area contributed by atoms with E-state index >= 15 is 0 Å². The van der Waals surface area contributed by atoms with E-state index in [0.29, 0.717) is 47.4 Å². The van der Waals surface area contributed by atoms with E-state index in [4.69, 9.17) is 16.3 Å². The van der Waals surface area contributed by atoms with Gasteiger partial charge in [-0.05, 0) is 73.6 Å². The van der Waals surface area contributed by atoms with Crippen molar-refractivity contribution in [1.29, 1.82) is 5.26 Å². The maximum absolute atomic E-state index is 13.2. The molecular formula is C26H24ClFN6O3. The van der Waals surface area contributed by atoms with Crippen LogP contribution < -0.4 is 15.4 Å². The largest absolute Gasteiger partial charge is 0.492 e. The molecule has 3 aromatic rings. The number of rotatable bonds is 10. The van der Waals surface area contributed by atoms with Gasteiger partial charge in [-0.1, -0.05) is 17.7 Å². The quantitative estimate of drug-likeness (QED) is 0.421. The number of nitriles is 1. The molecule has 0 aliphatic heterocycles. The predicted octanol–water partition coefficient (Wildman–Crippen LogP) is 3.36.